The number of carbonyl (C=O) groups excluding carboxylic acids is 2. The second kappa shape index (κ2) is 45.4. The molecule has 0 bridgehead atoms. The summed E-state index contributed by atoms with van der Waals surface area (Å²) in [4.78, 5) is 26.3. The molecule has 0 atom stereocenters. The van der Waals surface area contributed by atoms with Crippen molar-refractivity contribution in [3.63, 3.8) is 0 Å². The summed E-state index contributed by atoms with van der Waals surface area (Å²) in [6, 6.07) is 0. The minimum absolute atomic E-state index is 0.188. The molecule has 4 nitrogen and oxygen atoms in total. The van der Waals surface area contributed by atoms with E-state index >= 15 is 0 Å². The predicted molar refractivity (Wildman–Crippen MR) is 237 cm³/mol. The van der Waals surface area contributed by atoms with Crippen molar-refractivity contribution in [2.75, 3.05) is 13.1 Å². The van der Waals surface area contributed by atoms with E-state index in [0.717, 1.165) is 64.5 Å². The van der Waals surface area contributed by atoms with Gasteiger partial charge in [-0.05, 0) is 50.4 Å². The molecule has 0 aromatic carbocycles. The first kappa shape index (κ1) is 52.1. The van der Waals surface area contributed by atoms with Gasteiger partial charge < -0.3 is 10.6 Å². The summed E-state index contributed by atoms with van der Waals surface area (Å²) in [7, 11) is 0. The van der Waals surface area contributed by atoms with Gasteiger partial charge in [0.1, 0.15) is 0 Å². The second-order valence-electron chi connectivity index (χ2n) is 16.5. The quantitative estimate of drug-likeness (QED) is 0.0498. The van der Waals surface area contributed by atoms with Crippen LogP contribution in [0.4, 0.5) is 0 Å². The molecule has 0 aliphatic heterocycles. The van der Waals surface area contributed by atoms with Crippen molar-refractivity contribution in [1.82, 2.24) is 4.90 Å². The Hall–Kier alpha value is -1.94. The van der Waals surface area contributed by atoms with Crippen LogP contribution in [-0.2, 0) is 9.59 Å². The van der Waals surface area contributed by atoms with Crippen molar-refractivity contribution in [3.05, 3.63) is 0 Å². The van der Waals surface area contributed by atoms with Gasteiger partial charge in [-0.1, -0.05) is 218 Å². The summed E-state index contributed by atoms with van der Waals surface area (Å²) in [5, 5.41) is 0. The number of carbonyl (C=O) groups is 2. The van der Waals surface area contributed by atoms with Gasteiger partial charge in [-0.25, -0.2) is 0 Å². The topological polar surface area (TPSA) is 63.4 Å². The molecule has 2 amide bonds. The SMILES string of the molecule is CCCCCCCCCCCCCCN(CCCCCCCCCCCCCC)C(=O)CCCCCCCCC#CC#CCCCCCCCCC(N)=O. The second-order valence-corrected chi connectivity index (χ2v) is 16.5. The number of nitrogens with zero attached hydrogens (tertiary/aromatic N) is 1. The average molecular weight is 753 g/mol. The van der Waals surface area contributed by atoms with Crippen LogP contribution in [0.15, 0.2) is 0 Å². The summed E-state index contributed by atoms with van der Waals surface area (Å²) < 4.78 is 0. The van der Waals surface area contributed by atoms with E-state index in [1.807, 2.05) is 0 Å². The summed E-state index contributed by atoms with van der Waals surface area (Å²) in [6.07, 6.45) is 49.7. The lowest BCUT2D eigenvalue weighted by atomic mass is 10.0. The number of primary amides is 1. The van der Waals surface area contributed by atoms with Gasteiger partial charge in [-0.15, -0.1) is 0 Å². The van der Waals surface area contributed by atoms with E-state index in [-0.39, 0.29) is 5.91 Å². The van der Waals surface area contributed by atoms with Crippen LogP contribution < -0.4 is 5.73 Å². The number of rotatable bonds is 42. The first-order valence-corrected chi connectivity index (χ1v) is 24.1. The Kier molecular flexibility index (Phi) is 43.8. The van der Waals surface area contributed by atoms with Crippen LogP contribution in [0, 0.1) is 23.7 Å². The molecule has 54 heavy (non-hydrogen) atoms. The van der Waals surface area contributed by atoms with Crippen LogP contribution in [-0.4, -0.2) is 29.8 Å². The summed E-state index contributed by atoms with van der Waals surface area (Å²) >= 11 is 0. The highest BCUT2D eigenvalue weighted by Crippen LogP contribution is 2.16. The first-order chi connectivity index (χ1) is 26.6. The highest BCUT2D eigenvalue weighted by Gasteiger charge is 2.12. The minimum Gasteiger partial charge on any atom is -0.370 e. The highest BCUT2D eigenvalue weighted by molar-refractivity contribution is 5.76. The molecule has 2 N–H and O–H groups in total. The normalized spacial score (nSPS) is 10.9. The number of unbranched alkanes of at least 4 members (excludes halogenated alkanes) is 34. The van der Waals surface area contributed by atoms with Crippen LogP contribution in [0.2, 0.25) is 0 Å². The zero-order valence-corrected chi connectivity index (χ0v) is 36.5. The maximum Gasteiger partial charge on any atom is 0.222 e. The van der Waals surface area contributed by atoms with Crippen molar-refractivity contribution >= 4 is 11.8 Å². The molecule has 0 aromatic heterocycles. The Morgan fingerprint density at radius 2 is 0.648 bits per heavy atom. The molecule has 0 saturated carbocycles. The minimum atomic E-state index is -0.188. The molecule has 0 radical (unpaired) electrons. The first-order valence-electron chi connectivity index (χ1n) is 24.1. The van der Waals surface area contributed by atoms with E-state index in [9.17, 15) is 9.59 Å². The fourth-order valence-electron chi connectivity index (χ4n) is 7.44. The van der Waals surface area contributed by atoms with E-state index in [4.69, 9.17) is 5.73 Å². The van der Waals surface area contributed by atoms with Gasteiger partial charge >= 0.3 is 0 Å². The Bertz CT molecular complexity index is 894. The number of nitrogens with two attached hydrogens (primary N) is 1. The lowest BCUT2D eigenvalue weighted by Gasteiger charge is -2.23. The average Bonchev–Trinajstić information content (AvgIpc) is 3.16. The van der Waals surface area contributed by atoms with E-state index in [0.29, 0.717) is 12.3 Å². The monoisotopic (exact) mass is 753 g/mol. The fraction of sp³-hybridized carbons (Fsp3) is 0.880. The Morgan fingerprint density at radius 3 is 0.981 bits per heavy atom. The van der Waals surface area contributed by atoms with Crippen LogP contribution >= 0.6 is 0 Å². The summed E-state index contributed by atoms with van der Waals surface area (Å²) in [6.45, 7) is 6.53. The lowest BCUT2D eigenvalue weighted by Crippen LogP contribution is -2.32. The molecule has 314 valence electrons. The van der Waals surface area contributed by atoms with E-state index in [1.54, 1.807) is 0 Å². The molecule has 0 heterocycles. The third-order valence-corrected chi connectivity index (χ3v) is 11.1. The molecule has 0 aliphatic carbocycles. The van der Waals surface area contributed by atoms with Crippen LogP contribution in [0.1, 0.15) is 271 Å². The smallest absolute Gasteiger partial charge is 0.222 e. The molecule has 4 heteroatoms. The zero-order valence-electron chi connectivity index (χ0n) is 36.5. The van der Waals surface area contributed by atoms with E-state index < -0.39 is 0 Å². The van der Waals surface area contributed by atoms with Crippen molar-refractivity contribution in [3.8, 4) is 23.7 Å². The predicted octanol–water partition coefficient (Wildman–Crippen LogP) is 15.0. The third kappa shape index (κ3) is 42.8. The van der Waals surface area contributed by atoms with E-state index in [2.05, 4.69) is 42.4 Å². The van der Waals surface area contributed by atoms with E-state index in [1.165, 1.54) is 199 Å². The Balaban J connectivity index is 4.10. The lowest BCUT2D eigenvalue weighted by molar-refractivity contribution is -0.131. The highest BCUT2D eigenvalue weighted by atomic mass is 16.2. The van der Waals surface area contributed by atoms with Crippen molar-refractivity contribution in [2.45, 2.75) is 271 Å². The molecule has 0 unspecified atom stereocenters. The summed E-state index contributed by atoms with van der Waals surface area (Å²) in [5.41, 5.74) is 5.18. The largest absolute Gasteiger partial charge is 0.370 e. The van der Waals surface area contributed by atoms with Gasteiger partial charge in [-0.3, -0.25) is 9.59 Å². The molecule has 0 aromatic rings. The molecule has 0 aliphatic rings. The van der Waals surface area contributed by atoms with Gasteiger partial charge in [0.2, 0.25) is 11.8 Å². The van der Waals surface area contributed by atoms with Crippen LogP contribution in [0.5, 0.6) is 0 Å². The van der Waals surface area contributed by atoms with Gasteiger partial charge in [0.25, 0.3) is 0 Å². The van der Waals surface area contributed by atoms with Crippen molar-refractivity contribution < 1.29 is 9.59 Å². The molecule has 0 spiro atoms. The molecular formula is C50H92N2O2. The van der Waals surface area contributed by atoms with Gasteiger partial charge in [-0.2, -0.15) is 0 Å². The van der Waals surface area contributed by atoms with Crippen LogP contribution in [0.3, 0.4) is 0 Å². The molecule has 0 saturated heterocycles. The van der Waals surface area contributed by atoms with Gasteiger partial charge in [0.05, 0.1) is 0 Å². The Labute approximate surface area is 338 Å². The van der Waals surface area contributed by atoms with Crippen molar-refractivity contribution in [2.24, 2.45) is 5.73 Å². The number of amides is 2. The zero-order chi connectivity index (χ0) is 39.3. The molecule has 0 rings (SSSR count). The van der Waals surface area contributed by atoms with Gasteiger partial charge in [0.15, 0.2) is 0 Å². The maximum absolute atomic E-state index is 13.3. The summed E-state index contributed by atoms with van der Waals surface area (Å²) in [5.74, 6) is 12.7. The van der Waals surface area contributed by atoms with Crippen molar-refractivity contribution in [1.29, 1.82) is 0 Å². The maximum atomic E-state index is 13.3. The fourth-order valence-corrected chi connectivity index (χ4v) is 7.44. The molecule has 0 fully saturated rings. The molecular weight excluding hydrogens is 661 g/mol. The van der Waals surface area contributed by atoms with Crippen LogP contribution in [0.25, 0.3) is 0 Å². The van der Waals surface area contributed by atoms with Gasteiger partial charge in [0, 0.05) is 38.8 Å². The third-order valence-electron chi connectivity index (χ3n) is 11.1. The standard InChI is InChI=1S/C50H92N2O2/c1-3-5-7-9-11-13-15-27-31-35-39-43-47-52(48-44-40-36-32-28-16-14-12-10-8-6-4-2)50(54)46-42-38-34-30-26-24-22-20-18-17-19-21-23-25-29-33-37-41-45-49(51)53/h3-16,21-48H2,1-2H3,(H2,51,53). The number of hydrogen-bond donors (Lipinski definition) is 1. The Morgan fingerprint density at radius 1 is 0.370 bits per heavy atom. The number of hydrogen-bond acceptors (Lipinski definition) is 2.